The van der Waals surface area contributed by atoms with Crippen molar-refractivity contribution in [2.75, 3.05) is 39.6 Å². The Balaban J connectivity index is 3.48. The fourth-order valence-corrected chi connectivity index (χ4v) is 1.65. The number of nitrogens with zero attached hydrogens (tertiary/aromatic N) is 1. The molecule has 0 saturated carbocycles. The van der Waals surface area contributed by atoms with Gasteiger partial charge in [0.1, 0.15) is 0 Å². The Kier molecular flexibility index (Phi) is 8.58. The second-order valence-electron chi connectivity index (χ2n) is 2.75. The van der Waals surface area contributed by atoms with E-state index in [1.54, 1.807) is 0 Å². The number of ether oxygens (including phenoxy) is 1. The highest BCUT2D eigenvalue weighted by Gasteiger charge is 2.15. The van der Waals surface area contributed by atoms with Crippen LogP contribution in [-0.4, -0.2) is 39.6 Å². The monoisotopic (exact) mass is 236 g/mol. The first kappa shape index (κ1) is 14.6. The molecular weight excluding hydrogens is 219 g/mol. The molecule has 0 amide bonds. The van der Waals surface area contributed by atoms with E-state index in [0.29, 0.717) is 19.8 Å². The molecule has 15 heavy (non-hydrogen) atoms. The lowest BCUT2D eigenvalue weighted by Crippen LogP contribution is -2.11. The van der Waals surface area contributed by atoms with Crippen LogP contribution >= 0.6 is 7.60 Å². The van der Waals surface area contributed by atoms with Crippen LogP contribution in [0.4, 0.5) is 0 Å². The van der Waals surface area contributed by atoms with Gasteiger partial charge < -0.3 is 19.5 Å². The third-order valence-corrected chi connectivity index (χ3v) is 2.66. The first-order valence-electron chi connectivity index (χ1n) is 4.64. The van der Waals surface area contributed by atoms with Crippen molar-refractivity contribution in [3.63, 3.8) is 0 Å². The summed E-state index contributed by atoms with van der Waals surface area (Å²) in [6.45, 7) is 2.91. The quantitative estimate of drug-likeness (QED) is 0.468. The zero-order valence-corrected chi connectivity index (χ0v) is 9.74. The largest absolute Gasteiger partial charge is 0.378 e. The molecule has 7 heteroatoms. The van der Waals surface area contributed by atoms with Crippen LogP contribution in [0, 0.1) is 11.3 Å². The minimum absolute atomic E-state index is 0.119. The van der Waals surface area contributed by atoms with E-state index in [9.17, 15) is 4.57 Å². The lowest BCUT2D eigenvalue weighted by molar-refractivity contribution is 0.0965. The van der Waals surface area contributed by atoms with E-state index in [4.69, 9.17) is 24.8 Å². The molecular formula is C8H17N2O4P. The first-order valence-corrected chi connectivity index (χ1v) is 6.62. The summed E-state index contributed by atoms with van der Waals surface area (Å²) in [6, 6.07) is 1.88. The van der Waals surface area contributed by atoms with E-state index in [1.165, 1.54) is 6.66 Å². The van der Waals surface area contributed by atoms with Crippen molar-refractivity contribution in [2.24, 2.45) is 5.73 Å². The van der Waals surface area contributed by atoms with E-state index in [2.05, 4.69) is 0 Å². The van der Waals surface area contributed by atoms with Crippen LogP contribution in [0.5, 0.6) is 0 Å². The summed E-state index contributed by atoms with van der Waals surface area (Å²) in [5.74, 6) is 0. The van der Waals surface area contributed by atoms with Crippen LogP contribution in [0.25, 0.3) is 0 Å². The predicted octanol–water partition coefficient (Wildman–Crippen LogP) is 0.731. The molecule has 2 N–H and O–H groups in total. The van der Waals surface area contributed by atoms with Gasteiger partial charge in [0, 0.05) is 13.2 Å². The van der Waals surface area contributed by atoms with Gasteiger partial charge in [-0.25, -0.2) is 0 Å². The SMILES string of the molecule is CP(=O)(OCCC#N)OCCOCCN. The van der Waals surface area contributed by atoms with E-state index in [0.717, 1.165) is 0 Å². The molecule has 1 atom stereocenters. The maximum atomic E-state index is 11.5. The average molecular weight is 236 g/mol. The number of rotatable bonds is 9. The topological polar surface area (TPSA) is 94.6 Å². The molecule has 0 aromatic heterocycles. The maximum Gasteiger partial charge on any atom is 0.327 e. The second-order valence-corrected chi connectivity index (χ2v) is 4.81. The average Bonchev–Trinajstić information content (AvgIpc) is 2.17. The minimum Gasteiger partial charge on any atom is -0.378 e. The van der Waals surface area contributed by atoms with Crippen LogP contribution in [0.15, 0.2) is 0 Å². The number of hydrogen-bond donors (Lipinski definition) is 1. The van der Waals surface area contributed by atoms with Gasteiger partial charge in [-0.15, -0.1) is 0 Å². The van der Waals surface area contributed by atoms with Crippen molar-refractivity contribution < 1.29 is 18.3 Å². The summed E-state index contributed by atoms with van der Waals surface area (Å²) in [6.07, 6.45) is 0.199. The predicted molar refractivity (Wildman–Crippen MR) is 55.5 cm³/mol. The van der Waals surface area contributed by atoms with Gasteiger partial charge in [-0.3, -0.25) is 4.57 Å². The minimum atomic E-state index is -3.03. The van der Waals surface area contributed by atoms with Crippen molar-refractivity contribution >= 4 is 7.60 Å². The van der Waals surface area contributed by atoms with Gasteiger partial charge in [-0.1, -0.05) is 0 Å². The Morgan fingerprint density at radius 2 is 1.93 bits per heavy atom. The molecule has 0 rings (SSSR count). The molecule has 0 aliphatic heterocycles. The lowest BCUT2D eigenvalue weighted by atomic mass is 10.5. The van der Waals surface area contributed by atoms with Crippen LogP contribution in [-0.2, 0) is 18.3 Å². The lowest BCUT2D eigenvalue weighted by Gasteiger charge is -2.13. The summed E-state index contributed by atoms with van der Waals surface area (Å²) in [4.78, 5) is 0. The number of hydrogen-bond acceptors (Lipinski definition) is 6. The Morgan fingerprint density at radius 1 is 1.27 bits per heavy atom. The highest BCUT2D eigenvalue weighted by Crippen LogP contribution is 2.43. The Morgan fingerprint density at radius 3 is 2.53 bits per heavy atom. The second kappa shape index (κ2) is 8.84. The summed E-state index contributed by atoms with van der Waals surface area (Å²) in [7, 11) is -3.03. The molecule has 0 spiro atoms. The first-order chi connectivity index (χ1) is 7.12. The highest BCUT2D eigenvalue weighted by molar-refractivity contribution is 7.52. The number of nitriles is 1. The molecule has 6 nitrogen and oxygen atoms in total. The summed E-state index contributed by atoms with van der Waals surface area (Å²) >= 11 is 0. The van der Waals surface area contributed by atoms with Crippen molar-refractivity contribution in [3.8, 4) is 6.07 Å². The van der Waals surface area contributed by atoms with Gasteiger partial charge in [0.25, 0.3) is 0 Å². The molecule has 88 valence electrons. The zero-order chi connectivity index (χ0) is 11.6. The fourth-order valence-electron chi connectivity index (χ4n) is 0.742. The van der Waals surface area contributed by atoms with Crippen molar-refractivity contribution in [2.45, 2.75) is 6.42 Å². The van der Waals surface area contributed by atoms with E-state index in [-0.39, 0.29) is 19.6 Å². The molecule has 1 unspecified atom stereocenters. The molecule has 0 aromatic rings. The maximum absolute atomic E-state index is 11.5. The zero-order valence-electron chi connectivity index (χ0n) is 8.85. The van der Waals surface area contributed by atoms with Crippen LogP contribution < -0.4 is 5.73 Å². The third kappa shape index (κ3) is 9.85. The van der Waals surface area contributed by atoms with E-state index < -0.39 is 7.60 Å². The summed E-state index contributed by atoms with van der Waals surface area (Å²) < 4.78 is 26.4. The van der Waals surface area contributed by atoms with Crippen LogP contribution in [0.1, 0.15) is 6.42 Å². The number of nitrogens with two attached hydrogens (primary N) is 1. The van der Waals surface area contributed by atoms with Gasteiger partial charge in [-0.2, -0.15) is 5.26 Å². The van der Waals surface area contributed by atoms with Gasteiger partial charge in [0.15, 0.2) is 0 Å². The molecule has 0 saturated heterocycles. The van der Waals surface area contributed by atoms with Crippen LogP contribution in [0.2, 0.25) is 0 Å². The third-order valence-electron chi connectivity index (χ3n) is 1.36. The molecule has 0 fully saturated rings. The molecule has 0 aliphatic carbocycles. The van der Waals surface area contributed by atoms with E-state index >= 15 is 0 Å². The normalized spacial score (nSPS) is 14.5. The van der Waals surface area contributed by atoms with Crippen molar-refractivity contribution in [1.29, 1.82) is 5.26 Å². The van der Waals surface area contributed by atoms with Gasteiger partial charge in [0.05, 0.1) is 38.9 Å². The standard InChI is InChI=1S/C8H17N2O4P/c1-15(11,13-5-2-3-9)14-8-7-12-6-4-10/h2,4-8,10H2,1H3. The Bertz CT molecular complexity index is 241. The molecule has 0 aromatic carbocycles. The molecule has 0 aliphatic rings. The molecule has 0 heterocycles. The summed E-state index contributed by atoms with van der Waals surface area (Å²) in [5.41, 5.74) is 5.20. The molecule has 0 radical (unpaired) electrons. The van der Waals surface area contributed by atoms with Gasteiger partial charge >= 0.3 is 7.60 Å². The smallest absolute Gasteiger partial charge is 0.327 e. The van der Waals surface area contributed by atoms with Crippen molar-refractivity contribution in [3.05, 3.63) is 0 Å². The van der Waals surface area contributed by atoms with E-state index in [1.807, 2.05) is 6.07 Å². The van der Waals surface area contributed by atoms with Crippen LogP contribution in [0.3, 0.4) is 0 Å². The highest BCUT2D eigenvalue weighted by atomic mass is 31.2. The van der Waals surface area contributed by atoms with Gasteiger partial charge in [0.2, 0.25) is 0 Å². The molecule has 0 bridgehead atoms. The fraction of sp³-hybridized carbons (Fsp3) is 0.875. The van der Waals surface area contributed by atoms with Crippen molar-refractivity contribution in [1.82, 2.24) is 0 Å². The Labute approximate surface area is 89.8 Å². The summed E-state index contributed by atoms with van der Waals surface area (Å²) in [5, 5.41) is 8.24. The Hall–Kier alpha value is -0.440. The van der Waals surface area contributed by atoms with Gasteiger partial charge in [-0.05, 0) is 0 Å².